The van der Waals surface area contributed by atoms with Gasteiger partial charge in [-0.25, -0.2) is 27.6 Å². The van der Waals surface area contributed by atoms with Crippen LogP contribution in [0.4, 0.5) is 13.6 Å². The van der Waals surface area contributed by atoms with Crippen LogP contribution >= 0.6 is 0 Å². The van der Waals surface area contributed by atoms with E-state index in [9.17, 15) is 18.4 Å². The minimum absolute atomic E-state index is 0.0458. The molecule has 1 aromatic carbocycles. The van der Waals surface area contributed by atoms with Gasteiger partial charge in [-0.2, -0.15) is 5.10 Å². The Kier molecular flexibility index (Phi) is 3.85. The van der Waals surface area contributed by atoms with Gasteiger partial charge in [-0.05, 0) is 24.1 Å². The fourth-order valence-electron chi connectivity index (χ4n) is 2.63. The normalized spacial score (nSPS) is 16.9. The van der Waals surface area contributed by atoms with Gasteiger partial charge in [0.1, 0.15) is 5.82 Å². The molecular weight excluding hydrogens is 312 g/mol. The Labute approximate surface area is 128 Å². The molecule has 1 aliphatic rings. The van der Waals surface area contributed by atoms with Gasteiger partial charge in [-0.15, -0.1) is 0 Å². The summed E-state index contributed by atoms with van der Waals surface area (Å²) >= 11 is 0. The number of hydrogen-bond acceptors (Lipinski definition) is 4. The Morgan fingerprint density at radius 1 is 1.39 bits per heavy atom. The molecular formula is C14H13F2N3O4. The predicted octanol–water partition coefficient (Wildman–Crippen LogP) is 1.90. The number of carboxylic acid groups (broad SMARTS) is 1. The smallest absolute Gasteiger partial charge is 0.450 e. The van der Waals surface area contributed by atoms with E-state index < -0.39 is 29.7 Å². The summed E-state index contributed by atoms with van der Waals surface area (Å²) in [6.45, 7) is -0.0458. The molecule has 1 aromatic heterocycles. The minimum atomic E-state index is -1.47. The van der Waals surface area contributed by atoms with Crippen molar-refractivity contribution < 1.29 is 23.4 Å². The molecule has 0 saturated carbocycles. The summed E-state index contributed by atoms with van der Waals surface area (Å²) in [5.74, 6) is -1.57. The van der Waals surface area contributed by atoms with E-state index in [-0.39, 0.29) is 6.54 Å². The number of aromatic nitrogens is 3. The molecule has 1 atom stereocenters. The van der Waals surface area contributed by atoms with Crippen molar-refractivity contribution in [1.29, 1.82) is 0 Å². The quantitative estimate of drug-likeness (QED) is 0.871. The van der Waals surface area contributed by atoms with E-state index in [1.165, 1.54) is 10.6 Å². The van der Waals surface area contributed by atoms with E-state index in [0.29, 0.717) is 30.7 Å². The maximum Gasteiger partial charge on any atom is 0.507 e. The Morgan fingerprint density at radius 2 is 2.17 bits per heavy atom. The lowest BCUT2D eigenvalue weighted by Gasteiger charge is -2.21. The van der Waals surface area contributed by atoms with Crippen molar-refractivity contribution in [3.8, 4) is 0 Å². The molecule has 0 radical (unpaired) electrons. The zero-order valence-electron chi connectivity index (χ0n) is 11.9. The van der Waals surface area contributed by atoms with Gasteiger partial charge in [0, 0.05) is 12.8 Å². The van der Waals surface area contributed by atoms with Crippen LogP contribution in [0.15, 0.2) is 23.0 Å². The van der Waals surface area contributed by atoms with E-state index in [4.69, 9.17) is 9.84 Å². The van der Waals surface area contributed by atoms with Crippen LogP contribution in [0.3, 0.4) is 0 Å². The van der Waals surface area contributed by atoms with Gasteiger partial charge in [0.15, 0.2) is 17.9 Å². The third-order valence-corrected chi connectivity index (χ3v) is 3.63. The first kappa shape index (κ1) is 15.2. The van der Waals surface area contributed by atoms with Crippen molar-refractivity contribution in [3.63, 3.8) is 0 Å². The van der Waals surface area contributed by atoms with Crippen molar-refractivity contribution in [3.05, 3.63) is 51.7 Å². The summed E-state index contributed by atoms with van der Waals surface area (Å²) in [5, 5.41) is 12.9. The van der Waals surface area contributed by atoms with Gasteiger partial charge in [0.05, 0.1) is 6.54 Å². The minimum Gasteiger partial charge on any atom is -0.450 e. The average molecular weight is 325 g/mol. The summed E-state index contributed by atoms with van der Waals surface area (Å²) in [6, 6.07) is 3.32. The number of rotatable bonds is 3. The number of fused-ring (bicyclic) bond motifs is 1. The molecule has 0 bridgehead atoms. The van der Waals surface area contributed by atoms with Crippen LogP contribution in [-0.4, -0.2) is 25.6 Å². The monoisotopic (exact) mass is 325 g/mol. The Morgan fingerprint density at radius 3 is 2.87 bits per heavy atom. The molecule has 0 fully saturated rings. The molecule has 122 valence electrons. The molecule has 3 rings (SSSR count). The molecule has 0 spiro atoms. The standard InChI is InChI=1S/C14H13F2N3O4/c15-9-5-4-8(6-10(9)16)7-18-13(20)19-11(17-18)2-1-3-12(19)23-14(21)22/h4-6,12H,1-3,7H2,(H,21,22)/t12-/m0/s1. The number of ether oxygens (including phenoxy) is 1. The highest BCUT2D eigenvalue weighted by atomic mass is 19.2. The fraction of sp³-hybridized carbons (Fsp3) is 0.357. The number of carbonyl (C=O) groups is 1. The van der Waals surface area contributed by atoms with Gasteiger partial charge in [-0.1, -0.05) is 6.07 Å². The Balaban J connectivity index is 1.93. The summed E-state index contributed by atoms with van der Waals surface area (Å²) in [6.07, 6.45) is -0.847. The first-order chi connectivity index (χ1) is 11.0. The lowest BCUT2D eigenvalue weighted by molar-refractivity contribution is 0.00392. The number of hydrogen-bond donors (Lipinski definition) is 1. The molecule has 0 aliphatic carbocycles. The highest BCUT2D eigenvalue weighted by molar-refractivity contribution is 5.56. The highest BCUT2D eigenvalue weighted by Gasteiger charge is 2.28. The maximum atomic E-state index is 13.2. The van der Waals surface area contributed by atoms with Crippen LogP contribution in [0, 0.1) is 11.6 Å². The van der Waals surface area contributed by atoms with Gasteiger partial charge < -0.3 is 9.84 Å². The van der Waals surface area contributed by atoms with Crippen molar-refractivity contribution in [2.75, 3.05) is 0 Å². The molecule has 0 saturated heterocycles. The molecule has 0 amide bonds. The van der Waals surface area contributed by atoms with Crippen LogP contribution in [0.1, 0.15) is 30.5 Å². The second-order valence-corrected chi connectivity index (χ2v) is 5.21. The van der Waals surface area contributed by atoms with Crippen molar-refractivity contribution >= 4 is 6.16 Å². The number of benzene rings is 1. The highest BCUT2D eigenvalue weighted by Crippen LogP contribution is 2.23. The number of nitrogens with zero attached hydrogens (tertiary/aromatic N) is 3. The third-order valence-electron chi connectivity index (χ3n) is 3.63. The van der Waals surface area contributed by atoms with Crippen LogP contribution < -0.4 is 5.69 Å². The topological polar surface area (TPSA) is 86.3 Å². The summed E-state index contributed by atoms with van der Waals surface area (Å²) < 4.78 is 33.2. The predicted molar refractivity (Wildman–Crippen MR) is 73.0 cm³/mol. The Bertz CT molecular complexity index is 815. The molecule has 9 heteroatoms. The summed E-state index contributed by atoms with van der Waals surface area (Å²) in [5.41, 5.74) is -0.173. The van der Waals surface area contributed by atoms with Crippen LogP contribution in [0.25, 0.3) is 0 Å². The molecule has 0 unspecified atom stereocenters. The van der Waals surface area contributed by atoms with Crippen molar-refractivity contribution in [2.45, 2.75) is 32.0 Å². The van der Waals surface area contributed by atoms with E-state index in [0.717, 1.165) is 16.8 Å². The first-order valence-corrected chi connectivity index (χ1v) is 6.97. The van der Waals surface area contributed by atoms with Crippen molar-refractivity contribution in [1.82, 2.24) is 14.3 Å². The van der Waals surface area contributed by atoms with E-state index in [1.807, 2.05) is 0 Å². The largest absolute Gasteiger partial charge is 0.507 e. The second-order valence-electron chi connectivity index (χ2n) is 5.21. The lowest BCUT2D eigenvalue weighted by Crippen LogP contribution is -2.33. The molecule has 1 N–H and O–H groups in total. The molecule has 2 heterocycles. The second kappa shape index (κ2) is 5.82. The number of aryl methyl sites for hydroxylation is 1. The molecule has 2 aromatic rings. The molecule has 7 nitrogen and oxygen atoms in total. The summed E-state index contributed by atoms with van der Waals surface area (Å²) in [7, 11) is 0. The molecule has 23 heavy (non-hydrogen) atoms. The van der Waals surface area contributed by atoms with E-state index in [2.05, 4.69) is 5.10 Å². The average Bonchev–Trinajstić information content (AvgIpc) is 2.80. The van der Waals surface area contributed by atoms with Gasteiger partial charge in [-0.3, -0.25) is 0 Å². The van der Waals surface area contributed by atoms with Gasteiger partial charge in [0.25, 0.3) is 0 Å². The van der Waals surface area contributed by atoms with Crippen LogP contribution in [0.2, 0.25) is 0 Å². The maximum absolute atomic E-state index is 13.2. The van der Waals surface area contributed by atoms with E-state index in [1.54, 1.807) is 0 Å². The van der Waals surface area contributed by atoms with E-state index >= 15 is 0 Å². The first-order valence-electron chi connectivity index (χ1n) is 6.97. The zero-order chi connectivity index (χ0) is 16.6. The van der Waals surface area contributed by atoms with Crippen LogP contribution in [-0.2, 0) is 17.7 Å². The lowest BCUT2D eigenvalue weighted by atomic mass is 10.1. The van der Waals surface area contributed by atoms with Gasteiger partial charge in [0.2, 0.25) is 0 Å². The van der Waals surface area contributed by atoms with Crippen LogP contribution in [0.5, 0.6) is 0 Å². The SMILES string of the molecule is O=C(O)O[C@H]1CCCc2nn(Cc3ccc(F)c(F)c3)c(=O)n21. The van der Waals surface area contributed by atoms with Crippen molar-refractivity contribution in [2.24, 2.45) is 0 Å². The third kappa shape index (κ3) is 2.94. The summed E-state index contributed by atoms with van der Waals surface area (Å²) in [4.78, 5) is 23.1. The number of halogens is 2. The zero-order valence-corrected chi connectivity index (χ0v) is 11.9. The molecule has 1 aliphatic heterocycles. The van der Waals surface area contributed by atoms with Gasteiger partial charge >= 0.3 is 11.8 Å². The Hall–Kier alpha value is -2.71. The fourth-order valence-corrected chi connectivity index (χ4v) is 2.63.